The van der Waals surface area contributed by atoms with Gasteiger partial charge in [-0.05, 0) is 65.8 Å². The zero-order valence-electron chi connectivity index (χ0n) is 28.5. The molecule has 0 saturated heterocycles. The molecule has 1 fully saturated rings. The molecule has 4 aromatic carbocycles. The maximum absolute atomic E-state index is 6.63. The standard InChI is InChI=1S/C43H41N3O2.Pt/c1-28-15-18-39-37(21-28)36-17-16-34(26-40(36)46(39)41-25-33(19-20-44-41)43(2,3)4)48-35-23-31(29-11-7-5-8-12-29)22-32(24-35)42-45-38(27-47-42)30-13-9-6-10-14-30;/h5,7-8,11-12,15-23,25,30,38H,6,9-10,13-14,27H2,1-4H3;/q-2;+2/t38-;/m0./s1. The van der Waals surface area contributed by atoms with Gasteiger partial charge in [-0.3, -0.25) is 4.99 Å². The van der Waals surface area contributed by atoms with E-state index < -0.39 is 0 Å². The summed E-state index contributed by atoms with van der Waals surface area (Å²) in [5, 5.41) is 2.27. The van der Waals surface area contributed by atoms with Gasteiger partial charge in [0.1, 0.15) is 11.7 Å². The van der Waals surface area contributed by atoms with E-state index in [1.807, 2.05) is 24.4 Å². The molecule has 1 aliphatic heterocycles. The summed E-state index contributed by atoms with van der Waals surface area (Å²) in [6, 6.07) is 36.9. The van der Waals surface area contributed by atoms with Crippen molar-refractivity contribution in [2.24, 2.45) is 10.9 Å². The molecule has 8 rings (SSSR count). The molecule has 0 bridgehead atoms. The van der Waals surface area contributed by atoms with Gasteiger partial charge in [0.05, 0.1) is 12.6 Å². The molecule has 49 heavy (non-hydrogen) atoms. The zero-order chi connectivity index (χ0) is 32.8. The minimum atomic E-state index is -0.00785. The van der Waals surface area contributed by atoms with Gasteiger partial charge in [0, 0.05) is 23.2 Å². The molecule has 250 valence electrons. The average Bonchev–Trinajstić information content (AvgIpc) is 3.72. The minimum Gasteiger partial charge on any atom is -0.518 e. The topological polar surface area (TPSA) is 48.6 Å². The summed E-state index contributed by atoms with van der Waals surface area (Å²) in [6.45, 7) is 9.45. The number of pyridine rings is 1. The van der Waals surface area contributed by atoms with Crippen molar-refractivity contribution in [3.8, 4) is 28.4 Å². The Balaban J connectivity index is 0.00000378. The Morgan fingerprint density at radius 2 is 1.63 bits per heavy atom. The van der Waals surface area contributed by atoms with Crippen LogP contribution in [0.4, 0.5) is 0 Å². The molecule has 2 aliphatic rings. The molecule has 0 amide bonds. The predicted molar refractivity (Wildman–Crippen MR) is 194 cm³/mol. The van der Waals surface area contributed by atoms with Crippen LogP contribution in [0, 0.1) is 25.0 Å². The van der Waals surface area contributed by atoms with Gasteiger partial charge in [-0.15, -0.1) is 23.6 Å². The Bertz CT molecular complexity index is 2160. The summed E-state index contributed by atoms with van der Waals surface area (Å²) in [4.78, 5) is 9.94. The van der Waals surface area contributed by atoms with Gasteiger partial charge < -0.3 is 14.0 Å². The van der Waals surface area contributed by atoms with Gasteiger partial charge >= 0.3 is 21.1 Å². The number of aromatic nitrogens is 2. The molecular formula is C43H41N3O2Pt. The molecule has 1 saturated carbocycles. The summed E-state index contributed by atoms with van der Waals surface area (Å²) in [5.74, 6) is 3.33. The third kappa shape index (κ3) is 6.71. The first-order valence-electron chi connectivity index (χ1n) is 17.3. The van der Waals surface area contributed by atoms with Gasteiger partial charge in [-0.25, -0.2) is 4.98 Å². The van der Waals surface area contributed by atoms with Gasteiger partial charge in [0.2, 0.25) is 0 Å². The number of aryl methyl sites for hydroxylation is 1. The van der Waals surface area contributed by atoms with Crippen LogP contribution in [-0.4, -0.2) is 28.1 Å². The Labute approximate surface area is 303 Å². The van der Waals surface area contributed by atoms with E-state index in [1.165, 1.54) is 48.6 Å². The van der Waals surface area contributed by atoms with Crippen LogP contribution in [0.3, 0.4) is 0 Å². The number of hydrogen-bond donors (Lipinski definition) is 0. The quantitative estimate of drug-likeness (QED) is 0.157. The maximum atomic E-state index is 6.63. The van der Waals surface area contributed by atoms with Crippen molar-refractivity contribution in [1.29, 1.82) is 0 Å². The SMILES string of the molecule is Cc1ccc2c(c1)c1ccc(Oc3[c-]c(C4=N[C@H](C5CCCCC5)CO4)cc(-c4ccccc4)c3)[c-]c1n2-c1cc(C(C)(C)C)ccn1.[Pt+2]. The number of benzene rings is 4. The number of ether oxygens (including phenoxy) is 2. The molecule has 0 unspecified atom stereocenters. The second kappa shape index (κ2) is 13.6. The van der Waals surface area contributed by atoms with Crippen LogP contribution in [0.2, 0.25) is 0 Å². The fraction of sp³-hybridized carbons (Fsp3) is 0.302. The van der Waals surface area contributed by atoms with E-state index in [4.69, 9.17) is 19.5 Å². The Hall–Kier alpha value is -4.21. The third-order valence-electron chi connectivity index (χ3n) is 9.92. The normalized spacial score (nSPS) is 16.7. The predicted octanol–water partition coefficient (Wildman–Crippen LogP) is 10.6. The fourth-order valence-corrected chi connectivity index (χ4v) is 7.27. The smallest absolute Gasteiger partial charge is 0.518 e. The summed E-state index contributed by atoms with van der Waals surface area (Å²) in [7, 11) is 0. The second-order valence-corrected chi connectivity index (χ2v) is 14.4. The van der Waals surface area contributed by atoms with E-state index in [9.17, 15) is 0 Å². The Morgan fingerprint density at radius 3 is 2.43 bits per heavy atom. The van der Waals surface area contributed by atoms with Crippen molar-refractivity contribution >= 4 is 27.7 Å². The monoisotopic (exact) mass is 826 g/mol. The first-order valence-corrected chi connectivity index (χ1v) is 17.3. The summed E-state index contributed by atoms with van der Waals surface area (Å²) in [6.07, 6.45) is 8.28. The summed E-state index contributed by atoms with van der Waals surface area (Å²) in [5.41, 5.74) is 7.38. The van der Waals surface area contributed by atoms with Crippen molar-refractivity contribution in [1.82, 2.24) is 9.55 Å². The van der Waals surface area contributed by atoms with Crippen molar-refractivity contribution < 1.29 is 30.5 Å². The first-order chi connectivity index (χ1) is 23.3. The van der Waals surface area contributed by atoms with Crippen LogP contribution in [0.1, 0.15) is 69.6 Å². The van der Waals surface area contributed by atoms with Crippen LogP contribution >= 0.6 is 0 Å². The number of nitrogens with zero attached hydrogens (tertiary/aromatic N) is 3. The number of hydrogen-bond acceptors (Lipinski definition) is 4. The van der Waals surface area contributed by atoms with Gasteiger partial charge in [-0.1, -0.05) is 117 Å². The second-order valence-electron chi connectivity index (χ2n) is 14.4. The number of fused-ring (bicyclic) bond motifs is 3. The van der Waals surface area contributed by atoms with Crippen molar-refractivity contribution in [2.75, 3.05) is 6.61 Å². The fourth-order valence-electron chi connectivity index (χ4n) is 7.27. The van der Waals surface area contributed by atoms with Crippen LogP contribution in [0.25, 0.3) is 38.8 Å². The van der Waals surface area contributed by atoms with E-state index in [0.29, 0.717) is 29.9 Å². The van der Waals surface area contributed by atoms with Crippen LogP contribution < -0.4 is 4.74 Å². The molecule has 0 radical (unpaired) electrons. The number of rotatable bonds is 6. The molecule has 2 aromatic heterocycles. The van der Waals surface area contributed by atoms with E-state index in [1.54, 1.807) is 0 Å². The van der Waals surface area contributed by atoms with Gasteiger partial charge in [0.15, 0.2) is 0 Å². The molecule has 6 aromatic rings. The summed E-state index contributed by atoms with van der Waals surface area (Å²) >= 11 is 0. The first kappa shape index (κ1) is 33.3. The molecule has 3 heterocycles. The number of aliphatic imine (C=N–C) groups is 1. The third-order valence-corrected chi connectivity index (χ3v) is 9.92. The largest absolute Gasteiger partial charge is 2.00 e. The molecule has 0 N–H and O–H groups in total. The average molecular weight is 827 g/mol. The van der Waals surface area contributed by atoms with Gasteiger partial charge in [0.25, 0.3) is 0 Å². The molecular weight excluding hydrogens is 786 g/mol. The van der Waals surface area contributed by atoms with E-state index in [0.717, 1.165) is 38.9 Å². The molecule has 1 aliphatic carbocycles. The Kier molecular flexibility index (Phi) is 9.24. The van der Waals surface area contributed by atoms with Crippen molar-refractivity contribution in [2.45, 2.75) is 71.3 Å². The zero-order valence-corrected chi connectivity index (χ0v) is 30.8. The van der Waals surface area contributed by atoms with E-state index in [2.05, 4.69) is 111 Å². The van der Waals surface area contributed by atoms with E-state index >= 15 is 0 Å². The molecule has 6 heteroatoms. The van der Waals surface area contributed by atoms with Crippen LogP contribution in [0.5, 0.6) is 11.5 Å². The molecule has 0 spiro atoms. The van der Waals surface area contributed by atoms with Crippen LogP contribution in [0.15, 0.2) is 96.1 Å². The van der Waals surface area contributed by atoms with Crippen LogP contribution in [-0.2, 0) is 31.2 Å². The molecule has 1 atom stereocenters. The maximum Gasteiger partial charge on any atom is 2.00 e. The molecule has 5 nitrogen and oxygen atoms in total. The van der Waals surface area contributed by atoms with Crippen molar-refractivity contribution in [3.63, 3.8) is 0 Å². The van der Waals surface area contributed by atoms with Gasteiger partial charge in [-0.2, -0.15) is 6.07 Å². The summed E-state index contributed by atoms with van der Waals surface area (Å²) < 4.78 is 15.1. The van der Waals surface area contributed by atoms with E-state index in [-0.39, 0.29) is 32.5 Å². The Morgan fingerprint density at radius 1 is 0.816 bits per heavy atom. The van der Waals surface area contributed by atoms with Crippen molar-refractivity contribution in [3.05, 3.63) is 120 Å². The minimum absolute atomic E-state index is 0.